The zero-order valence-electron chi connectivity index (χ0n) is 16.1. The molecule has 4 heteroatoms. The molecule has 0 radical (unpaired) electrons. The van der Waals surface area contributed by atoms with Crippen LogP contribution in [0.1, 0.15) is 11.4 Å². The van der Waals surface area contributed by atoms with E-state index in [1.54, 1.807) is 34.9 Å². The van der Waals surface area contributed by atoms with Crippen molar-refractivity contribution in [2.75, 3.05) is 0 Å². The van der Waals surface area contributed by atoms with Crippen molar-refractivity contribution in [1.29, 1.82) is 0 Å². The predicted octanol–water partition coefficient (Wildman–Crippen LogP) is 5.41. The van der Waals surface area contributed by atoms with E-state index in [-0.39, 0.29) is 11.3 Å². The molecule has 0 amide bonds. The maximum Gasteiger partial charge on any atom is 0.266 e. The molecule has 0 saturated carbocycles. The molecule has 0 aliphatic rings. The van der Waals surface area contributed by atoms with Crippen molar-refractivity contribution in [3.8, 4) is 11.4 Å². The van der Waals surface area contributed by atoms with Gasteiger partial charge in [-0.3, -0.25) is 9.36 Å². The molecule has 0 aliphatic carbocycles. The molecular formula is C26H18N2O2. The highest BCUT2D eigenvalue weighted by atomic mass is 16.3. The highest BCUT2D eigenvalue weighted by molar-refractivity contribution is 5.85. The van der Waals surface area contributed by atoms with E-state index in [1.165, 1.54) is 0 Å². The highest BCUT2D eigenvalue weighted by Gasteiger charge is 2.11. The van der Waals surface area contributed by atoms with E-state index in [1.807, 2.05) is 72.8 Å². The molecule has 5 rings (SSSR count). The fourth-order valence-corrected chi connectivity index (χ4v) is 3.62. The lowest BCUT2D eigenvalue weighted by molar-refractivity contribution is 0.474. The fourth-order valence-electron chi connectivity index (χ4n) is 3.62. The maximum atomic E-state index is 13.4. The lowest BCUT2D eigenvalue weighted by atomic mass is 10.1. The average Bonchev–Trinajstić information content (AvgIpc) is 2.78. The number of hydrogen-bond acceptors (Lipinski definition) is 3. The van der Waals surface area contributed by atoms with Gasteiger partial charge in [-0.2, -0.15) is 0 Å². The van der Waals surface area contributed by atoms with Crippen LogP contribution < -0.4 is 5.56 Å². The van der Waals surface area contributed by atoms with Gasteiger partial charge in [-0.15, -0.1) is 0 Å². The van der Waals surface area contributed by atoms with Gasteiger partial charge in [0.05, 0.1) is 16.6 Å². The topological polar surface area (TPSA) is 55.1 Å². The minimum atomic E-state index is -0.132. The van der Waals surface area contributed by atoms with Crippen LogP contribution in [0.2, 0.25) is 0 Å². The van der Waals surface area contributed by atoms with Crippen LogP contribution in [0, 0.1) is 0 Å². The van der Waals surface area contributed by atoms with Gasteiger partial charge >= 0.3 is 0 Å². The van der Waals surface area contributed by atoms with Crippen LogP contribution in [0.25, 0.3) is 39.5 Å². The van der Waals surface area contributed by atoms with Gasteiger partial charge in [0.2, 0.25) is 0 Å². The number of rotatable bonds is 3. The summed E-state index contributed by atoms with van der Waals surface area (Å²) in [4.78, 5) is 18.1. The fraction of sp³-hybridized carbons (Fsp3) is 0. The number of hydrogen-bond donors (Lipinski definition) is 1. The lowest BCUT2D eigenvalue weighted by Gasteiger charge is -2.12. The molecule has 0 unspecified atom stereocenters. The van der Waals surface area contributed by atoms with Gasteiger partial charge in [0, 0.05) is 5.56 Å². The molecule has 0 bridgehead atoms. The van der Waals surface area contributed by atoms with Crippen LogP contribution in [-0.2, 0) is 0 Å². The van der Waals surface area contributed by atoms with Crippen LogP contribution in [0.15, 0.2) is 95.8 Å². The van der Waals surface area contributed by atoms with E-state index in [2.05, 4.69) is 0 Å². The highest BCUT2D eigenvalue weighted by Crippen LogP contribution is 2.22. The Morgan fingerprint density at radius 1 is 0.767 bits per heavy atom. The van der Waals surface area contributed by atoms with Crippen LogP contribution in [0.4, 0.5) is 0 Å². The molecule has 5 aromatic rings. The molecule has 30 heavy (non-hydrogen) atoms. The number of aromatic hydroxyl groups is 1. The monoisotopic (exact) mass is 390 g/mol. The Labute approximate surface area is 173 Å². The van der Waals surface area contributed by atoms with Crippen molar-refractivity contribution >= 4 is 33.8 Å². The Balaban J connectivity index is 1.76. The molecule has 4 nitrogen and oxygen atoms in total. The van der Waals surface area contributed by atoms with E-state index in [9.17, 15) is 9.90 Å². The van der Waals surface area contributed by atoms with Crippen LogP contribution in [-0.4, -0.2) is 14.7 Å². The molecule has 0 spiro atoms. The van der Waals surface area contributed by atoms with Crippen LogP contribution in [0.5, 0.6) is 5.75 Å². The number of fused-ring (bicyclic) bond motifs is 2. The molecule has 0 atom stereocenters. The van der Waals surface area contributed by atoms with Gasteiger partial charge < -0.3 is 5.11 Å². The zero-order chi connectivity index (χ0) is 20.5. The average molecular weight is 390 g/mol. The number of aromatic nitrogens is 2. The molecule has 0 saturated heterocycles. The van der Waals surface area contributed by atoms with Crippen molar-refractivity contribution in [3.63, 3.8) is 0 Å². The summed E-state index contributed by atoms with van der Waals surface area (Å²) in [5, 5.41) is 12.8. The standard InChI is InChI=1S/C26H18N2O2/c29-24-12-6-3-8-19(24)14-16-25-27-23-11-5-4-10-22(23)26(30)28(25)21-15-13-18-7-1-2-9-20(18)17-21/h1-17,29H. The second kappa shape index (κ2) is 7.33. The van der Waals surface area contributed by atoms with Gasteiger partial charge in [0.1, 0.15) is 11.6 Å². The van der Waals surface area contributed by atoms with Crippen molar-refractivity contribution in [2.45, 2.75) is 0 Å². The summed E-state index contributed by atoms with van der Waals surface area (Å²) in [6.45, 7) is 0. The Morgan fingerprint density at radius 3 is 2.37 bits per heavy atom. The van der Waals surface area contributed by atoms with Crippen molar-refractivity contribution in [3.05, 3.63) is 113 Å². The second-order valence-corrected chi connectivity index (χ2v) is 7.05. The van der Waals surface area contributed by atoms with E-state index < -0.39 is 0 Å². The maximum absolute atomic E-state index is 13.4. The molecule has 1 heterocycles. The number of para-hydroxylation sites is 2. The lowest BCUT2D eigenvalue weighted by Crippen LogP contribution is -2.22. The SMILES string of the molecule is O=c1c2ccccc2nc(C=Cc2ccccc2O)n1-c1ccc2ccccc2c1. The van der Waals surface area contributed by atoms with E-state index >= 15 is 0 Å². The van der Waals surface area contributed by atoms with Gasteiger partial charge in [-0.1, -0.05) is 60.7 Å². The normalized spacial score (nSPS) is 11.5. The number of nitrogens with zero attached hydrogens (tertiary/aromatic N) is 2. The summed E-state index contributed by atoms with van der Waals surface area (Å²) in [5.41, 5.74) is 1.91. The van der Waals surface area contributed by atoms with E-state index in [0.29, 0.717) is 22.3 Å². The summed E-state index contributed by atoms with van der Waals surface area (Å²) in [6.07, 6.45) is 3.53. The first kappa shape index (κ1) is 17.9. The Hall–Kier alpha value is -4.18. The predicted molar refractivity (Wildman–Crippen MR) is 122 cm³/mol. The summed E-state index contributed by atoms with van der Waals surface area (Å²) in [6, 6.07) is 28.3. The Morgan fingerprint density at radius 2 is 1.50 bits per heavy atom. The molecule has 1 aromatic heterocycles. The molecule has 0 aliphatic heterocycles. The number of benzene rings is 4. The van der Waals surface area contributed by atoms with Gasteiger partial charge in [0.25, 0.3) is 5.56 Å². The summed E-state index contributed by atoms with van der Waals surface area (Å²) in [5.74, 6) is 0.673. The third-order valence-electron chi connectivity index (χ3n) is 5.14. The Kier molecular flexibility index (Phi) is 4.37. The summed E-state index contributed by atoms with van der Waals surface area (Å²) < 4.78 is 1.62. The van der Waals surface area contributed by atoms with Gasteiger partial charge in [-0.05, 0) is 53.3 Å². The third-order valence-corrected chi connectivity index (χ3v) is 5.14. The van der Waals surface area contributed by atoms with E-state index in [4.69, 9.17) is 4.98 Å². The van der Waals surface area contributed by atoms with Crippen molar-refractivity contribution in [2.24, 2.45) is 0 Å². The van der Waals surface area contributed by atoms with Crippen molar-refractivity contribution in [1.82, 2.24) is 9.55 Å². The first-order chi connectivity index (χ1) is 14.7. The molecule has 144 valence electrons. The molecule has 0 fully saturated rings. The molecule has 4 aromatic carbocycles. The first-order valence-corrected chi connectivity index (χ1v) is 9.68. The van der Waals surface area contributed by atoms with Crippen molar-refractivity contribution < 1.29 is 5.11 Å². The van der Waals surface area contributed by atoms with Gasteiger partial charge in [-0.25, -0.2) is 4.98 Å². The zero-order valence-corrected chi connectivity index (χ0v) is 16.1. The van der Waals surface area contributed by atoms with Crippen LogP contribution in [0.3, 0.4) is 0 Å². The number of phenols is 1. The van der Waals surface area contributed by atoms with Gasteiger partial charge in [0.15, 0.2) is 0 Å². The van der Waals surface area contributed by atoms with Crippen LogP contribution >= 0.6 is 0 Å². The Bertz CT molecular complexity index is 1480. The summed E-state index contributed by atoms with van der Waals surface area (Å²) in [7, 11) is 0. The quantitative estimate of drug-likeness (QED) is 0.448. The minimum Gasteiger partial charge on any atom is -0.507 e. The second-order valence-electron chi connectivity index (χ2n) is 7.05. The number of phenolic OH excluding ortho intramolecular Hbond substituents is 1. The largest absolute Gasteiger partial charge is 0.507 e. The molecule has 1 N–H and O–H groups in total. The third kappa shape index (κ3) is 3.14. The first-order valence-electron chi connectivity index (χ1n) is 9.68. The summed E-state index contributed by atoms with van der Waals surface area (Å²) >= 11 is 0. The smallest absolute Gasteiger partial charge is 0.266 e. The minimum absolute atomic E-state index is 0.132. The van der Waals surface area contributed by atoms with E-state index in [0.717, 1.165) is 16.5 Å². The molecular weight excluding hydrogens is 372 g/mol.